The van der Waals surface area contributed by atoms with Crippen molar-refractivity contribution in [1.29, 1.82) is 0 Å². The number of hydrogen-bond donors (Lipinski definition) is 2. The Morgan fingerprint density at radius 3 is 2.59 bits per heavy atom. The molecule has 12 heteroatoms. The first-order valence-electron chi connectivity index (χ1n) is 13.2. The third kappa shape index (κ3) is 7.13. The molecule has 5 rings (SSSR count). The minimum absolute atomic E-state index is 0.109. The summed E-state index contributed by atoms with van der Waals surface area (Å²) in [5, 5.41) is 6.48. The number of ether oxygens (including phenoxy) is 2. The Kier molecular flexibility index (Phi) is 9.02. The molecule has 2 N–H and O–H groups in total. The topological polar surface area (TPSA) is 107 Å². The van der Waals surface area contributed by atoms with E-state index in [2.05, 4.69) is 20.6 Å². The molecule has 41 heavy (non-hydrogen) atoms. The van der Waals surface area contributed by atoms with Gasteiger partial charge >= 0.3 is 0 Å². The van der Waals surface area contributed by atoms with Crippen LogP contribution in [0.3, 0.4) is 0 Å². The zero-order chi connectivity index (χ0) is 28.9. The first-order chi connectivity index (χ1) is 19.8. The zero-order valence-corrected chi connectivity index (χ0v) is 23.7. The first-order valence-corrected chi connectivity index (χ1v) is 13.9. The highest BCUT2D eigenvalue weighted by Gasteiger charge is 2.24. The monoisotopic (exact) mass is 599 g/mol. The molecule has 9 nitrogen and oxygen atoms in total. The largest absolute Gasteiger partial charge is 0.456 e. The van der Waals surface area contributed by atoms with Crippen LogP contribution in [-0.2, 0) is 16.1 Å². The Balaban J connectivity index is 1.39. The van der Waals surface area contributed by atoms with Gasteiger partial charge < -0.3 is 20.1 Å². The average Bonchev–Trinajstić information content (AvgIpc) is 2.96. The normalized spacial score (nSPS) is 17.4. The average molecular weight is 600 g/mol. The van der Waals surface area contributed by atoms with Crippen LogP contribution in [0.25, 0.3) is 0 Å². The standard InChI is InChI=1S/C29H28Cl2FN5O4/c1-17-12-20(30)3-2-19(17)16-37-28(39)25(36-27(38)18-8-10-40-11-9-18)15-34-29(37)35-21-4-6-22(7-5-21)41-23-13-24(32)26(31)33-14-23/h2-7,13-15,17-18H,8-12,16H2,1H3,(H,34,35)(H,36,38). The van der Waals surface area contributed by atoms with Crippen LogP contribution >= 0.6 is 23.2 Å². The summed E-state index contributed by atoms with van der Waals surface area (Å²) < 4.78 is 26.2. The molecule has 1 atom stereocenters. The van der Waals surface area contributed by atoms with Crippen LogP contribution in [0.5, 0.6) is 11.5 Å². The molecule has 1 unspecified atom stereocenters. The summed E-state index contributed by atoms with van der Waals surface area (Å²) >= 11 is 11.8. The predicted molar refractivity (Wildman–Crippen MR) is 155 cm³/mol. The lowest BCUT2D eigenvalue weighted by atomic mass is 9.93. The number of halogens is 3. The Bertz CT molecular complexity index is 1550. The number of carbonyl (C=O) groups is 1. The maximum atomic E-state index is 13.7. The van der Waals surface area contributed by atoms with E-state index in [0.29, 0.717) is 49.9 Å². The predicted octanol–water partition coefficient (Wildman–Crippen LogP) is 6.42. The van der Waals surface area contributed by atoms with Crippen LogP contribution in [0.1, 0.15) is 26.2 Å². The highest BCUT2D eigenvalue weighted by atomic mass is 35.5. The van der Waals surface area contributed by atoms with E-state index >= 15 is 0 Å². The van der Waals surface area contributed by atoms with Crippen molar-refractivity contribution >= 4 is 46.4 Å². The van der Waals surface area contributed by atoms with Gasteiger partial charge in [-0.2, -0.15) is 0 Å². The van der Waals surface area contributed by atoms with Gasteiger partial charge in [-0.1, -0.05) is 36.2 Å². The molecular weight excluding hydrogens is 572 g/mol. The zero-order valence-electron chi connectivity index (χ0n) is 22.2. The van der Waals surface area contributed by atoms with Crippen molar-refractivity contribution < 1.29 is 18.7 Å². The molecule has 1 amide bonds. The van der Waals surface area contributed by atoms with Crippen LogP contribution in [0.15, 0.2) is 70.3 Å². The van der Waals surface area contributed by atoms with Crippen LogP contribution in [0, 0.1) is 17.7 Å². The van der Waals surface area contributed by atoms with Gasteiger partial charge in [-0.25, -0.2) is 14.4 Å². The third-order valence-corrected chi connectivity index (χ3v) is 7.53. The number of anilines is 3. The van der Waals surface area contributed by atoms with E-state index in [-0.39, 0.29) is 46.4 Å². The second kappa shape index (κ2) is 12.8. The van der Waals surface area contributed by atoms with Crippen LogP contribution in [0.4, 0.5) is 21.7 Å². The molecule has 1 saturated heterocycles. The Morgan fingerprint density at radius 1 is 1.12 bits per heavy atom. The molecule has 1 fully saturated rings. The summed E-state index contributed by atoms with van der Waals surface area (Å²) in [4.78, 5) is 34.7. The van der Waals surface area contributed by atoms with E-state index < -0.39 is 5.82 Å². The lowest BCUT2D eigenvalue weighted by Gasteiger charge is -2.23. The number of nitrogens with one attached hydrogen (secondary N) is 2. The molecule has 3 heterocycles. The van der Waals surface area contributed by atoms with E-state index in [1.54, 1.807) is 24.3 Å². The van der Waals surface area contributed by atoms with Crippen LogP contribution in [-0.4, -0.2) is 33.7 Å². The maximum absolute atomic E-state index is 13.7. The third-order valence-electron chi connectivity index (χ3n) is 6.97. The number of allylic oxidation sites excluding steroid dienone is 4. The fourth-order valence-corrected chi connectivity index (χ4v) is 4.99. The number of pyridine rings is 1. The number of rotatable bonds is 8. The minimum atomic E-state index is -0.681. The van der Waals surface area contributed by atoms with Gasteiger partial charge in [0.2, 0.25) is 11.9 Å². The van der Waals surface area contributed by atoms with Gasteiger partial charge in [0, 0.05) is 35.9 Å². The molecular formula is C29H28Cl2FN5O4. The lowest BCUT2D eigenvalue weighted by molar-refractivity contribution is -0.122. The highest BCUT2D eigenvalue weighted by molar-refractivity contribution is 6.30. The summed E-state index contributed by atoms with van der Waals surface area (Å²) in [6.45, 7) is 3.34. The van der Waals surface area contributed by atoms with E-state index in [4.69, 9.17) is 32.7 Å². The molecule has 2 aromatic heterocycles. The highest BCUT2D eigenvalue weighted by Crippen LogP contribution is 2.29. The lowest BCUT2D eigenvalue weighted by Crippen LogP contribution is -2.33. The van der Waals surface area contributed by atoms with E-state index in [1.807, 2.05) is 19.1 Å². The van der Waals surface area contributed by atoms with Gasteiger partial charge in [-0.15, -0.1) is 0 Å². The number of benzene rings is 1. The number of nitrogens with zero attached hydrogens (tertiary/aromatic N) is 3. The van der Waals surface area contributed by atoms with Crippen molar-refractivity contribution in [2.75, 3.05) is 23.8 Å². The molecule has 1 aromatic carbocycles. The van der Waals surface area contributed by atoms with Crippen molar-refractivity contribution in [2.45, 2.75) is 32.7 Å². The van der Waals surface area contributed by atoms with Crippen LogP contribution < -0.4 is 20.9 Å². The Morgan fingerprint density at radius 2 is 1.88 bits per heavy atom. The van der Waals surface area contributed by atoms with E-state index in [1.165, 1.54) is 17.0 Å². The summed E-state index contributed by atoms with van der Waals surface area (Å²) in [6.07, 6.45) is 8.33. The smallest absolute Gasteiger partial charge is 0.279 e. The van der Waals surface area contributed by atoms with Gasteiger partial charge in [-0.3, -0.25) is 14.2 Å². The summed E-state index contributed by atoms with van der Waals surface area (Å²) in [5.74, 6) is -0.0544. The van der Waals surface area contributed by atoms with E-state index in [9.17, 15) is 14.0 Å². The molecule has 0 radical (unpaired) electrons. The molecule has 2 aliphatic rings. The second-order valence-corrected chi connectivity index (χ2v) is 10.8. The Labute approximate surface area is 246 Å². The molecule has 0 spiro atoms. The van der Waals surface area contributed by atoms with Crippen molar-refractivity contribution in [1.82, 2.24) is 14.5 Å². The minimum Gasteiger partial charge on any atom is -0.456 e. The fraction of sp³-hybridized carbons (Fsp3) is 0.310. The van der Waals surface area contributed by atoms with Crippen molar-refractivity contribution in [2.24, 2.45) is 11.8 Å². The van der Waals surface area contributed by atoms with Gasteiger partial charge in [0.25, 0.3) is 5.56 Å². The summed E-state index contributed by atoms with van der Waals surface area (Å²) in [5.41, 5.74) is 1.36. The number of aromatic nitrogens is 3. The number of hydrogen-bond acceptors (Lipinski definition) is 7. The van der Waals surface area contributed by atoms with Crippen molar-refractivity contribution in [3.8, 4) is 11.5 Å². The van der Waals surface area contributed by atoms with Gasteiger partial charge in [0.05, 0.1) is 18.9 Å². The van der Waals surface area contributed by atoms with Crippen LogP contribution in [0.2, 0.25) is 5.15 Å². The van der Waals surface area contributed by atoms with Gasteiger partial charge in [-0.05, 0) is 61.1 Å². The van der Waals surface area contributed by atoms with Gasteiger partial charge in [0.15, 0.2) is 11.0 Å². The fourth-order valence-electron chi connectivity index (χ4n) is 4.59. The molecule has 214 valence electrons. The molecule has 0 saturated carbocycles. The molecule has 1 aliphatic heterocycles. The number of carbonyl (C=O) groups excluding carboxylic acids is 1. The molecule has 1 aliphatic carbocycles. The summed E-state index contributed by atoms with van der Waals surface area (Å²) in [7, 11) is 0. The quantitative estimate of drug-likeness (QED) is 0.288. The van der Waals surface area contributed by atoms with E-state index in [0.717, 1.165) is 16.7 Å². The first kappa shape index (κ1) is 28.8. The Hall–Kier alpha value is -3.73. The van der Waals surface area contributed by atoms with Crippen molar-refractivity contribution in [3.05, 3.63) is 86.8 Å². The molecule has 3 aromatic rings. The second-order valence-electron chi connectivity index (χ2n) is 9.92. The van der Waals surface area contributed by atoms with Crippen molar-refractivity contribution in [3.63, 3.8) is 0 Å². The maximum Gasteiger partial charge on any atom is 0.279 e. The number of amides is 1. The molecule has 0 bridgehead atoms. The van der Waals surface area contributed by atoms with Gasteiger partial charge in [0.1, 0.15) is 17.2 Å². The summed E-state index contributed by atoms with van der Waals surface area (Å²) in [6, 6.07) is 7.97. The SMILES string of the molecule is CC1CC(Cl)=CC=C1Cn1c(Nc2ccc(Oc3cnc(Cl)c(F)c3)cc2)ncc(NC(=O)C2CCOCC2)c1=O.